The second-order valence-electron chi connectivity index (χ2n) is 13.6. The molecule has 0 amide bonds. The van der Waals surface area contributed by atoms with Crippen molar-refractivity contribution in [3.05, 3.63) is 76.0 Å². The van der Waals surface area contributed by atoms with E-state index in [2.05, 4.69) is 77.9 Å². The van der Waals surface area contributed by atoms with Gasteiger partial charge in [-0.05, 0) is 71.9 Å². The van der Waals surface area contributed by atoms with E-state index in [-0.39, 0.29) is 47.9 Å². The van der Waals surface area contributed by atoms with Gasteiger partial charge in [-0.15, -0.1) is 11.3 Å². The van der Waals surface area contributed by atoms with Crippen molar-refractivity contribution in [1.82, 2.24) is 4.98 Å². The molecule has 0 atom stereocenters. The molecule has 247 valence electrons. The molecule has 1 radical (unpaired) electrons. The van der Waals surface area contributed by atoms with Crippen LogP contribution >= 0.6 is 22.7 Å². The van der Waals surface area contributed by atoms with E-state index in [0.717, 1.165) is 36.3 Å². The molecule has 0 aliphatic carbocycles. The summed E-state index contributed by atoms with van der Waals surface area (Å²) in [4.78, 5) is 20.7. The van der Waals surface area contributed by atoms with E-state index >= 15 is 0 Å². The second kappa shape index (κ2) is 15.7. The summed E-state index contributed by atoms with van der Waals surface area (Å²) in [6.45, 7) is 25.4. The topological polar surface area (TPSA) is 50.2 Å². The number of aromatic nitrogens is 1. The van der Waals surface area contributed by atoms with Crippen molar-refractivity contribution in [2.24, 2.45) is 10.8 Å². The Balaban J connectivity index is 0.000000343. The number of carbonyl (C=O) groups excluding carboxylic acids is 1. The van der Waals surface area contributed by atoms with E-state index in [1.165, 1.54) is 48.2 Å². The first-order chi connectivity index (χ1) is 20.5. The number of hydrogen-bond acceptors (Lipinski definition) is 5. The summed E-state index contributed by atoms with van der Waals surface area (Å²) in [5.74, 6) is 0.286. The molecule has 0 unspecified atom stereocenters. The predicted octanol–water partition coefficient (Wildman–Crippen LogP) is 12.4. The molecule has 6 heteroatoms. The number of aliphatic hydroxyl groups is 1. The van der Waals surface area contributed by atoms with Crippen LogP contribution in [0.3, 0.4) is 0 Å². The standard InChI is InChI=1S/C24H24NS2.C15H28O2.Ir/c1-14-13-20(26-16(14)3)21-23-19(11-12-25-21)15(2)22(27-23)17-7-9-18(10-8-17)24(4,5)6;1-7-14(5,8-2)12(16)11-13(17)15(6,9-3)10-4;/h7-12H,1-6H3;11,16H,7-10H2,1-6H3;/q-1;;/b;12-11-;. The maximum Gasteiger partial charge on any atom is 0.164 e. The Labute approximate surface area is 294 Å². The van der Waals surface area contributed by atoms with Crippen LogP contribution in [0.25, 0.3) is 31.1 Å². The summed E-state index contributed by atoms with van der Waals surface area (Å²) in [7, 11) is 0. The van der Waals surface area contributed by atoms with Gasteiger partial charge in [0.1, 0.15) is 5.76 Å². The Morgan fingerprint density at radius 1 is 0.867 bits per heavy atom. The first kappa shape index (κ1) is 39.1. The van der Waals surface area contributed by atoms with Gasteiger partial charge in [-0.3, -0.25) is 4.79 Å². The molecular formula is C39H52IrNO2S2-. The number of carbonyl (C=O) groups is 1. The average Bonchev–Trinajstić information content (AvgIpc) is 3.53. The van der Waals surface area contributed by atoms with Crippen molar-refractivity contribution >= 4 is 38.5 Å². The van der Waals surface area contributed by atoms with Crippen LogP contribution in [0.4, 0.5) is 0 Å². The molecule has 4 rings (SSSR count). The normalized spacial score (nSPS) is 12.5. The van der Waals surface area contributed by atoms with Gasteiger partial charge in [0.2, 0.25) is 0 Å². The van der Waals surface area contributed by atoms with Crippen molar-refractivity contribution in [2.45, 2.75) is 114 Å². The summed E-state index contributed by atoms with van der Waals surface area (Å²) in [6, 6.07) is 14.7. The minimum absolute atomic E-state index is 0. The molecule has 4 aromatic rings. The molecule has 0 aliphatic rings. The Kier molecular flexibility index (Phi) is 13.6. The summed E-state index contributed by atoms with van der Waals surface area (Å²) < 4.78 is 1.27. The average molecular weight is 823 g/mol. The third-order valence-electron chi connectivity index (χ3n) is 9.77. The van der Waals surface area contributed by atoms with Crippen molar-refractivity contribution in [3.8, 4) is 21.0 Å². The van der Waals surface area contributed by atoms with Gasteiger partial charge in [0.15, 0.2) is 5.78 Å². The fourth-order valence-corrected chi connectivity index (χ4v) is 7.34. The Hall–Kier alpha value is -2.11. The fourth-order valence-electron chi connectivity index (χ4n) is 5.01. The number of hydrogen-bond donors (Lipinski definition) is 1. The molecule has 0 fully saturated rings. The smallest absolute Gasteiger partial charge is 0.164 e. The second-order valence-corrected chi connectivity index (χ2v) is 15.8. The third kappa shape index (κ3) is 8.63. The number of allylic oxidation sites excluding steroid dienone is 2. The van der Waals surface area contributed by atoms with Crippen LogP contribution in [0.5, 0.6) is 0 Å². The van der Waals surface area contributed by atoms with Crippen LogP contribution in [0.15, 0.2) is 48.4 Å². The van der Waals surface area contributed by atoms with Crippen molar-refractivity contribution < 1.29 is 30.0 Å². The fraction of sp³-hybridized carbons (Fsp3) is 0.487. The van der Waals surface area contributed by atoms with Gasteiger partial charge in [0, 0.05) is 52.8 Å². The minimum Gasteiger partial charge on any atom is -0.512 e. The Morgan fingerprint density at radius 2 is 1.42 bits per heavy atom. The zero-order valence-electron chi connectivity index (χ0n) is 29.3. The van der Waals surface area contributed by atoms with E-state index in [1.54, 1.807) is 11.3 Å². The molecule has 0 saturated carbocycles. The molecular weight excluding hydrogens is 771 g/mol. The Bertz CT molecular complexity index is 1590. The zero-order valence-corrected chi connectivity index (χ0v) is 33.4. The van der Waals surface area contributed by atoms with Crippen LogP contribution in [0, 0.1) is 37.7 Å². The maximum atomic E-state index is 12.2. The number of aliphatic hydroxyl groups excluding tert-OH is 1. The first-order valence-electron chi connectivity index (χ1n) is 16.0. The number of pyridine rings is 1. The summed E-state index contributed by atoms with van der Waals surface area (Å²) >= 11 is 3.64. The molecule has 0 spiro atoms. The summed E-state index contributed by atoms with van der Waals surface area (Å²) in [5, 5.41) is 11.4. The van der Waals surface area contributed by atoms with Crippen LogP contribution in [0.1, 0.15) is 110 Å². The third-order valence-corrected chi connectivity index (χ3v) is 12.2. The monoisotopic (exact) mass is 823 g/mol. The van der Waals surface area contributed by atoms with E-state index in [0.29, 0.717) is 0 Å². The Morgan fingerprint density at radius 3 is 1.89 bits per heavy atom. The van der Waals surface area contributed by atoms with Crippen LogP contribution in [-0.4, -0.2) is 15.9 Å². The number of fused-ring (bicyclic) bond motifs is 1. The summed E-state index contributed by atoms with van der Waals surface area (Å²) in [6.07, 6.45) is 6.69. The van der Waals surface area contributed by atoms with Gasteiger partial charge >= 0.3 is 0 Å². The SMILES string of the molecule is CCC(C)(CC)C(=O)/C=C(\O)C(C)(CC)CC.Cc1[c-]c(-c2nccc3c(C)c(-c4ccc(C(C)(C)C)cc4)sc23)sc1C.[Ir]. The van der Waals surface area contributed by atoms with E-state index in [9.17, 15) is 9.90 Å². The van der Waals surface area contributed by atoms with Gasteiger partial charge in [-0.2, -0.15) is 11.6 Å². The number of nitrogens with zero attached hydrogens (tertiary/aromatic N) is 1. The molecule has 1 N–H and O–H groups in total. The van der Waals surface area contributed by atoms with Crippen LogP contribution in [-0.2, 0) is 30.3 Å². The van der Waals surface area contributed by atoms with Crippen LogP contribution < -0.4 is 0 Å². The van der Waals surface area contributed by atoms with Gasteiger partial charge in [0.05, 0.1) is 0 Å². The molecule has 0 saturated heterocycles. The van der Waals surface area contributed by atoms with Crippen molar-refractivity contribution in [2.75, 3.05) is 0 Å². The van der Waals surface area contributed by atoms with E-state index in [1.807, 2.05) is 59.1 Å². The first-order valence-corrected chi connectivity index (χ1v) is 17.6. The van der Waals surface area contributed by atoms with Crippen LogP contribution in [0.2, 0.25) is 0 Å². The quantitative estimate of drug-likeness (QED) is 0.104. The minimum atomic E-state index is -0.337. The number of thiophene rings is 2. The van der Waals surface area contributed by atoms with Crippen molar-refractivity contribution in [1.29, 1.82) is 0 Å². The molecule has 1 aromatic carbocycles. The van der Waals surface area contributed by atoms with Crippen molar-refractivity contribution in [3.63, 3.8) is 0 Å². The molecule has 3 nitrogen and oxygen atoms in total. The largest absolute Gasteiger partial charge is 0.512 e. The number of rotatable bonds is 9. The van der Waals surface area contributed by atoms with Gasteiger partial charge in [-0.1, -0.05) is 110 Å². The number of ketones is 1. The van der Waals surface area contributed by atoms with Gasteiger partial charge < -0.3 is 10.1 Å². The molecule has 0 bridgehead atoms. The summed E-state index contributed by atoms with van der Waals surface area (Å²) in [5.41, 5.74) is 5.86. The number of benzene rings is 1. The molecule has 45 heavy (non-hydrogen) atoms. The van der Waals surface area contributed by atoms with Gasteiger partial charge in [-0.25, -0.2) is 11.3 Å². The maximum absolute atomic E-state index is 12.2. The van der Waals surface area contributed by atoms with Gasteiger partial charge in [0.25, 0.3) is 0 Å². The zero-order chi connectivity index (χ0) is 33.0. The van der Waals surface area contributed by atoms with E-state index < -0.39 is 0 Å². The van der Waals surface area contributed by atoms with E-state index in [4.69, 9.17) is 4.98 Å². The molecule has 3 heterocycles. The molecule has 3 aromatic heterocycles. The predicted molar refractivity (Wildman–Crippen MR) is 193 cm³/mol. The molecule has 0 aliphatic heterocycles. The number of aryl methyl sites for hydroxylation is 3.